The minimum absolute atomic E-state index is 0.285. The van der Waals surface area contributed by atoms with Gasteiger partial charge in [-0.3, -0.25) is 0 Å². The lowest BCUT2D eigenvalue weighted by atomic mass is 10.1. The van der Waals surface area contributed by atoms with E-state index in [4.69, 9.17) is 5.26 Å². The Balaban J connectivity index is 2.00. The Hall–Kier alpha value is -1.65. The maximum absolute atomic E-state index is 13.0. The number of benzene rings is 2. The molecule has 1 unspecified atom stereocenters. The highest BCUT2D eigenvalue weighted by molar-refractivity contribution is 14.1. The molecule has 0 bridgehead atoms. The van der Waals surface area contributed by atoms with E-state index in [0.29, 0.717) is 12.1 Å². The van der Waals surface area contributed by atoms with Crippen LogP contribution < -0.4 is 5.32 Å². The van der Waals surface area contributed by atoms with E-state index in [1.54, 1.807) is 30.3 Å². The zero-order chi connectivity index (χ0) is 14.5. The second kappa shape index (κ2) is 6.68. The lowest BCUT2D eigenvalue weighted by Gasteiger charge is -2.14. The van der Waals surface area contributed by atoms with Gasteiger partial charge in [0.25, 0.3) is 0 Å². The van der Waals surface area contributed by atoms with Crippen molar-refractivity contribution in [1.29, 1.82) is 5.26 Å². The van der Waals surface area contributed by atoms with E-state index in [-0.39, 0.29) is 5.82 Å². The summed E-state index contributed by atoms with van der Waals surface area (Å²) >= 11 is 2.04. The summed E-state index contributed by atoms with van der Waals surface area (Å²) in [5, 5.41) is 21.9. The van der Waals surface area contributed by atoms with Crippen LogP contribution in [0, 0.1) is 20.7 Å². The number of anilines is 1. The second-order valence-electron chi connectivity index (χ2n) is 4.25. The lowest BCUT2D eigenvalue weighted by Crippen LogP contribution is -2.12. The summed E-state index contributed by atoms with van der Waals surface area (Å²) < 4.78 is 13.7. The number of hydrogen-bond donors (Lipinski definition) is 2. The smallest absolute Gasteiger partial charge is 0.124 e. The number of rotatable bonds is 4. The molecule has 5 heteroatoms. The van der Waals surface area contributed by atoms with E-state index in [1.807, 2.05) is 28.7 Å². The molecule has 0 aliphatic heterocycles. The fraction of sp³-hybridized carbons (Fsp3) is 0.133. The number of nitrogens with zero attached hydrogens (tertiary/aromatic N) is 1. The molecule has 0 spiro atoms. The number of hydrogen-bond acceptors (Lipinski definition) is 3. The first-order valence-electron chi connectivity index (χ1n) is 5.97. The first-order valence-corrected chi connectivity index (χ1v) is 7.05. The molecule has 102 valence electrons. The third-order valence-electron chi connectivity index (χ3n) is 2.84. The van der Waals surface area contributed by atoms with Crippen molar-refractivity contribution in [3.8, 4) is 6.07 Å². The van der Waals surface area contributed by atoms with E-state index in [0.717, 1.165) is 14.8 Å². The summed E-state index contributed by atoms with van der Waals surface area (Å²) in [7, 11) is 0. The SMILES string of the molecule is N#Cc1ccc(C(O)CNc2ccc(F)cc2I)cc1. The quantitative estimate of drug-likeness (QED) is 0.797. The van der Waals surface area contributed by atoms with Gasteiger partial charge < -0.3 is 10.4 Å². The molecule has 2 aromatic rings. The molecule has 0 aliphatic rings. The molecule has 0 radical (unpaired) electrons. The Morgan fingerprint density at radius 3 is 2.55 bits per heavy atom. The van der Waals surface area contributed by atoms with Crippen LogP contribution in [0.1, 0.15) is 17.2 Å². The summed E-state index contributed by atoms with van der Waals surface area (Å²) in [6, 6.07) is 13.3. The number of halogens is 2. The third-order valence-corrected chi connectivity index (χ3v) is 3.73. The van der Waals surface area contributed by atoms with Crippen LogP contribution in [0.15, 0.2) is 42.5 Å². The molecule has 2 rings (SSSR count). The summed E-state index contributed by atoms with van der Waals surface area (Å²) in [5.74, 6) is -0.285. The summed E-state index contributed by atoms with van der Waals surface area (Å²) in [6.07, 6.45) is -0.691. The van der Waals surface area contributed by atoms with Crippen LogP contribution in [0.3, 0.4) is 0 Å². The molecular formula is C15H12FIN2O. The van der Waals surface area contributed by atoms with Crippen LogP contribution in [0.2, 0.25) is 0 Å². The minimum Gasteiger partial charge on any atom is -0.387 e. The zero-order valence-corrected chi connectivity index (χ0v) is 12.6. The van der Waals surface area contributed by atoms with Crippen LogP contribution in [0.25, 0.3) is 0 Å². The summed E-state index contributed by atoms with van der Waals surface area (Å²) in [4.78, 5) is 0. The van der Waals surface area contributed by atoms with Crippen LogP contribution in [0.4, 0.5) is 10.1 Å². The summed E-state index contributed by atoms with van der Waals surface area (Å²) in [5.41, 5.74) is 2.07. The van der Waals surface area contributed by atoms with Gasteiger partial charge in [0, 0.05) is 15.8 Å². The largest absolute Gasteiger partial charge is 0.387 e. The molecular weight excluding hydrogens is 370 g/mol. The van der Waals surface area contributed by atoms with Gasteiger partial charge in [-0.15, -0.1) is 0 Å². The molecule has 3 nitrogen and oxygen atoms in total. The molecule has 0 heterocycles. The molecule has 0 amide bonds. The van der Waals surface area contributed by atoms with Gasteiger partial charge in [0.05, 0.1) is 17.7 Å². The summed E-state index contributed by atoms with van der Waals surface area (Å²) in [6.45, 7) is 0.313. The molecule has 2 aromatic carbocycles. The monoisotopic (exact) mass is 382 g/mol. The Labute approximate surface area is 130 Å². The fourth-order valence-corrected chi connectivity index (χ4v) is 2.41. The van der Waals surface area contributed by atoms with Crippen molar-refractivity contribution in [3.63, 3.8) is 0 Å². The van der Waals surface area contributed by atoms with Gasteiger partial charge in [0.1, 0.15) is 5.82 Å². The highest BCUT2D eigenvalue weighted by Gasteiger charge is 2.08. The van der Waals surface area contributed by atoms with Gasteiger partial charge in [0.2, 0.25) is 0 Å². The van der Waals surface area contributed by atoms with Crippen LogP contribution in [-0.4, -0.2) is 11.7 Å². The topological polar surface area (TPSA) is 56.0 Å². The van der Waals surface area contributed by atoms with Gasteiger partial charge in [-0.2, -0.15) is 5.26 Å². The van der Waals surface area contributed by atoms with Crippen molar-refractivity contribution in [1.82, 2.24) is 0 Å². The maximum Gasteiger partial charge on any atom is 0.124 e. The molecule has 0 aromatic heterocycles. The predicted molar refractivity (Wildman–Crippen MR) is 83.7 cm³/mol. The van der Waals surface area contributed by atoms with E-state index in [9.17, 15) is 9.50 Å². The molecule has 0 saturated heterocycles. The van der Waals surface area contributed by atoms with Crippen molar-refractivity contribution >= 4 is 28.3 Å². The maximum atomic E-state index is 13.0. The number of aliphatic hydroxyl groups is 1. The Kier molecular flexibility index (Phi) is 4.93. The van der Waals surface area contributed by atoms with Crippen molar-refractivity contribution in [3.05, 3.63) is 63.0 Å². The van der Waals surface area contributed by atoms with Crippen LogP contribution >= 0.6 is 22.6 Å². The van der Waals surface area contributed by atoms with E-state index in [2.05, 4.69) is 5.32 Å². The zero-order valence-electron chi connectivity index (χ0n) is 10.5. The van der Waals surface area contributed by atoms with Gasteiger partial charge in [0.15, 0.2) is 0 Å². The van der Waals surface area contributed by atoms with Gasteiger partial charge in [-0.25, -0.2) is 4.39 Å². The third kappa shape index (κ3) is 3.68. The van der Waals surface area contributed by atoms with Crippen molar-refractivity contribution < 1.29 is 9.50 Å². The van der Waals surface area contributed by atoms with E-state index < -0.39 is 6.10 Å². The Morgan fingerprint density at radius 2 is 1.95 bits per heavy atom. The molecule has 0 aliphatic carbocycles. The average molecular weight is 382 g/mol. The van der Waals surface area contributed by atoms with Gasteiger partial charge >= 0.3 is 0 Å². The Morgan fingerprint density at radius 1 is 1.25 bits per heavy atom. The lowest BCUT2D eigenvalue weighted by molar-refractivity contribution is 0.191. The van der Waals surface area contributed by atoms with E-state index in [1.165, 1.54) is 12.1 Å². The first-order chi connectivity index (χ1) is 9.60. The van der Waals surface area contributed by atoms with Crippen molar-refractivity contribution in [2.24, 2.45) is 0 Å². The molecule has 1 atom stereocenters. The fourth-order valence-electron chi connectivity index (χ4n) is 1.74. The van der Waals surface area contributed by atoms with Gasteiger partial charge in [-0.05, 0) is 58.5 Å². The molecule has 0 saturated carbocycles. The highest BCUT2D eigenvalue weighted by Crippen LogP contribution is 2.21. The van der Waals surface area contributed by atoms with Crippen molar-refractivity contribution in [2.75, 3.05) is 11.9 Å². The predicted octanol–water partition coefficient (Wildman–Crippen LogP) is 3.45. The molecule has 0 fully saturated rings. The second-order valence-corrected chi connectivity index (χ2v) is 5.42. The average Bonchev–Trinajstić information content (AvgIpc) is 2.46. The molecule has 20 heavy (non-hydrogen) atoms. The highest BCUT2D eigenvalue weighted by atomic mass is 127. The normalized spacial score (nSPS) is 11.7. The van der Waals surface area contributed by atoms with Gasteiger partial charge in [-0.1, -0.05) is 12.1 Å². The van der Waals surface area contributed by atoms with Crippen molar-refractivity contribution in [2.45, 2.75) is 6.10 Å². The van der Waals surface area contributed by atoms with E-state index >= 15 is 0 Å². The van der Waals surface area contributed by atoms with Crippen LogP contribution in [-0.2, 0) is 0 Å². The Bertz CT molecular complexity index is 637. The van der Waals surface area contributed by atoms with Crippen LogP contribution in [0.5, 0.6) is 0 Å². The number of nitrogens with one attached hydrogen (secondary N) is 1. The minimum atomic E-state index is -0.691. The number of aliphatic hydroxyl groups excluding tert-OH is 1. The number of nitriles is 1. The first kappa shape index (κ1) is 14.8. The standard InChI is InChI=1S/C15H12FIN2O/c16-12-5-6-14(13(17)7-12)19-9-15(20)11-3-1-10(8-18)2-4-11/h1-7,15,19-20H,9H2. The molecule has 2 N–H and O–H groups in total.